The van der Waals surface area contributed by atoms with Crippen LogP contribution in [0.4, 0.5) is 0 Å². The lowest BCUT2D eigenvalue weighted by Gasteiger charge is -2.33. The molecule has 1 aromatic carbocycles. The van der Waals surface area contributed by atoms with Crippen LogP contribution < -0.4 is 5.32 Å². The zero-order chi connectivity index (χ0) is 14.7. The highest BCUT2D eigenvalue weighted by atomic mass is 15.1. The molecule has 0 bridgehead atoms. The Hall–Kier alpha value is -0.860. The van der Waals surface area contributed by atoms with Crippen LogP contribution in [0.3, 0.4) is 0 Å². The van der Waals surface area contributed by atoms with E-state index in [4.69, 9.17) is 0 Å². The molecule has 0 spiro atoms. The van der Waals surface area contributed by atoms with Gasteiger partial charge in [0.1, 0.15) is 0 Å². The maximum Gasteiger partial charge on any atom is 0.0233 e. The van der Waals surface area contributed by atoms with Gasteiger partial charge in [-0.3, -0.25) is 4.90 Å². The molecule has 0 aliphatic heterocycles. The van der Waals surface area contributed by atoms with Crippen LogP contribution in [0.5, 0.6) is 0 Å². The predicted molar refractivity (Wildman–Crippen MR) is 89.2 cm³/mol. The molecule has 0 unspecified atom stereocenters. The monoisotopic (exact) mass is 286 g/mol. The summed E-state index contributed by atoms with van der Waals surface area (Å²) in [5.41, 5.74) is 2.87. The molecule has 2 aliphatic carbocycles. The van der Waals surface area contributed by atoms with E-state index in [2.05, 4.69) is 48.5 Å². The second kappa shape index (κ2) is 6.93. The van der Waals surface area contributed by atoms with Crippen molar-refractivity contribution in [2.75, 3.05) is 7.05 Å². The van der Waals surface area contributed by atoms with Gasteiger partial charge in [-0.1, -0.05) is 31.2 Å². The minimum atomic E-state index is 0.789. The molecule has 116 valence electrons. The van der Waals surface area contributed by atoms with Gasteiger partial charge in [-0.2, -0.15) is 0 Å². The molecule has 21 heavy (non-hydrogen) atoms. The van der Waals surface area contributed by atoms with Crippen molar-refractivity contribution in [1.82, 2.24) is 10.2 Å². The van der Waals surface area contributed by atoms with Crippen LogP contribution in [0.25, 0.3) is 0 Å². The van der Waals surface area contributed by atoms with Crippen LogP contribution in [0.1, 0.15) is 56.6 Å². The predicted octanol–water partition coefficient (Wildman–Crippen LogP) is 3.95. The van der Waals surface area contributed by atoms with Crippen molar-refractivity contribution >= 4 is 0 Å². The van der Waals surface area contributed by atoms with Crippen LogP contribution in [0.2, 0.25) is 0 Å². The molecule has 0 atom stereocenters. The minimum absolute atomic E-state index is 0.789. The highest BCUT2D eigenvalue weighted by molar-refractivity contribution is 5.22. The third-order valence-corrected chi connectivity index (χ3v) is 5.24. The van der Waals surface area contributed by atoms with Gasteiger partial charge in [-0.15, -0.1) is 0 Å². The number of benzene rings is 1. The maximum atomic E-state index is 3.58. The van der Waals surface area contributed by atoms with E-state index in [0.29, 0.717) is 0 Å². The van der Waals surface area contributed by atoms with Gasteiger partial charge in [0.15, 0.2) is 0 Å². The Labute approximate surface area is 129 Å². The summed E-state index contributed by atoms with van der Waals surface area (Å²) in [6.07, 6.45) is 8.29. The molecule has 0 saturated heterocycles. The van der Waals surface area contributed by atoms with Gasteiger partial charge >= 0.3 is 0 Å². The molecule has 0 aromatic heterocycles. The standard InChI is InChI=1S/C19H30N2/c1-15-3-11-19(12-4-15)21(2)14-17-7-5-16(6-8-17)13-20-18-9-10-18/h5-8,15,18-20H,3-4,9-14H2,1-2H3. The van der Waals surface area contributed by atoms with E-state index in [1.807, 2.05) is 0 Å². The van der Waals surface area contributed by atoms with Crippen LogP contribution in [0, 0.1) is 5.92 Å². The zero-order valence-electron chi connectivity index (χ0n) is 13.6. The third-order valence-electron chi connectivity index (χ3n) is 5.24. The topological polar surface area (TPSA) is 15.3 Å². The van der Waals surface area contributed by atoms with Crippen LogP contribution >= 0.6 is 0 Å². The lowest BCUT2D eigenvalue weighted by atomic mass is 9.86. The molecule has 1 N–H and O–H groups in total. The van der Waals surface area contributed by atoms with Crippen molar-refractivity contribution in [3.8, 4) is 0 Å². The number of nitrogens with zero attached hydrogens (tertiary/aromatic N) is 1. The first kappa shape index (κ1) is 15.1. The molecular weight excluding hydrogens is 256 g/mol. The molecule has 3 rings (SSSR count). The van der Waals surface area contributed by atoms with Crippen molar-refractivity contribution in [3.63, 3.8) is 0 Å². The van der Waals surface area contributed by atoms with Gasteiger partial charge < -0.3 is 5.32 Å². The number of rotatable bonds is 6. The van der Waals surface area contributed by atoms with E-state index in [1.165, 1.54) is 49.7 Å². The van der Waals surface area contributed by atoms with E-state index < -0.39 is 0 Å². The summed E-state index contributed by atoms with van der Waals surface area (Å²) in [5.74, 6) is 0.938. The average molecular weight is 286 g/mol. The van der Waals surface area contributed by atoms with E-state index in [1.54, 1.807) is 0 Å². The smallest absolute Gasteiger partial charge is 0.0233 e. The average Bonchev–Trinajstić information content (AvgIpc) is 3.31. The van der Waals surface area contributed by atoms with E-state index in [9.17, 15) is 0 Å². The molecule has 0 radical (unpaired) electrons. The van der Waals surface area contributed by atoms with Crippen molar-refractivity contribution in [1.29, 1.82) is 0 Å². The first-order valence-electron chi connectivity index (χ1n) is 8.72. The summed E-state index contributed by atoms with van der Waals surface area (Å²) in [5, 5.41) is 3.58. The number of hydrogen-bond acceptors (Lipinski definition) is 2. The fraction of sp³-hybridized carbons (Fsp3) is 0.684. The molecule has 2 fully saturated rings. The van der Waals surface area contributed by atoms with Gasteiger partial charge in [0.05, 0.1) is 0 Å². The van der Waals surface area contributed by atoms with Crippen molar-refractivity contribution in [2.45, 2.75) is 70.6 Å². The van der Waals surface area contributed by atoms with Crippen molar-refractivity contribution < 1.29 is 0 Å². The summed E-state index contributed by atoms with van der Waals surface area (Å²) >= 11 is 0. The Morgan fingerprint density at radius 2 is 1.57 bits per heavy atom. The summed E-state index contributed by atoms with van der Waals surface area (Å²) in [4.78, 5) is 2.56. The van der Waals surface area contributed by atoms with Gasteiger partial charge in [-0.05, 0) is 62.6 Å². The largest absolute Gasteiger partial charge is 0.310 e. The molecule has 2 aliphatic rings. The van der Waals surface area contributed by atoms with Gasteiger partial charge in [-0.25, -0.2) is 0 Å². The number of hydrogen-bond donors (Lipinski definition) is 1. The highest BCUT2D eigenvalue weighted by Crippen LogP contribution is 2.27. The Morgan fingerprint density at radius 1 is 0.952 bits per heavy atom. The first-order valence-corrected chi connectivity index (χ1v) is 8.72. The molecule has 2 heteroatoms. The van der Waals surface area contributed by atoms with Gasteiger partial charge in [0.2, 0.25) is 0 Å². The second-order valence-electron chi connectivity index (χ2n) is 7.30. The maximum absolute atomic E-state index is 3.58. The van der Waals surface area contributed by atoms with Crippen LogP contribution in [-0.4, -0.2) is 24.0 Å². The molecule has 2 nitrogen and oxygen atoms in total. The zero-order valence-corrected chi connectivity index (χ0v) is 13.6. The fourth-order valence-electron chi connectivity index (χ4n) is 3.41. The Kier molecular flexibility index (Phi) is 4.97. The highest BCUT2D eigenvalue weighted by Gasteiger charge is 2.22. The quantitative estimate of drug-likeness (QED) is 0.852. The van der Waals surface area contributed by atoms with Crippen LogP contribution in [-0.2, 0) is 13.1 Å². The number of nitrogens with one attached hydrogen (secondary N) is 1. The molecule has 2 saturated carbocycles. The molecular formula is C19H30N2. The molecule has 1 aromatic rings. The minimum Gasteiger partial charge on any atom is -0.310 e. The lowest BCUT2D eigenvalue weighted by molar-refractivity contribution is 0.164. The normalized spacial score (nSPS) is 26.2. The van der Waals surface area contributed by atoms with Crippen molar-refractivity contribution in [3.05, 3.63) is 35.4 Å². The Morgan fingerprint density at radius 3 is 2.19 bits per heavy atom. The van der Waals surface area contributed by atoms with E-state index >= 15 is 0 Å². The Balaban J connectivity index is 1.47. The van der Waals surface area contributed by atoms with Crippen LogP contribution in [0.15, 0.2) is 24.3 Å². The molecule has 0 amide bonds. The van der Waals surface area contributed by atoms with E-state index in [0.717, 1.165) is 31.1 Å². The van der Waals surface area contributed by atoms with Gasteiger partial charge in [0.25, 0.3) is 0 Å². The lowest BCUT2D eigenvalue weighted by Crippen LogP contribution is -2.34. The first-order chi connectivity index (χ1) is 10.2. The van der Waals surface area contributed by atoms with Gasteiger partial charge in [0, 0.05) is 25.2 Å². The Bertz CT molecular complexity index is 427. The summed E-state index contributed by atoms with van der Waals surface area (Å²) < 4.78 is 0. The third kappa shape index (κ3) is 4.55. The summed E-state index contributed by atoms with van der Waals surface area (Å²) in [6, 6.07) is 10.8. The second-order valence-corrected chi connectivity index (χ2v) is 7.30. The van der Waals surface area contributed by atoms with Crippen molar-refractivity contribution in [2.24, 2.45) is 5.92 Å². The fourth-order valence-corrected chi connectivity index (χ4v) is 3.41. The summed E-state index contributed by atoms with van der Waals surface area (Å²) in [7, 11) is 2.29. The SMILES string of the molecule is CC1CCC(N(C)Cc2ccc(CNC3CC3)cc2)CC1. The summed E-state index contributed by atoms with van der Waals surface area (Å²) in [6.45, 7) is 4.52. The molecule has 0 heterocycles. The van der Waals surface area contributed by atoms with E-state index in [-0.39, 0.29) is 0 Å².